The second kappa shape index (κ2) is 15.8. The van der Waals surface area contributed by atoms with Crippen molar-refractivity contribution in [1.82, 2.24) is 0 Å². The van der Waals surface area contributed by atoms with E-state index in [4.69, 9.17) is 13.6 Å². The highest BCUT2D eigenvalue weighted by Gasteiger charge is 2.32. The minimum Gasteiger partial charge on any atom is -0.417 e. The molecule has 2 aromatic carbocycles. The predicted molar refractivity (Wildman–Crippen MR) is 178 cm³/mol. The zero-order valence-electron chi connectivity index (χ0n) is 27.9. The van der Waals surface area contributed by atoms with Gasteiger partial charge in [-0.25, -0.2) is 0 Å². The number of rotatable bonds is 14. The van der Waals surface area contributed by atoms with E-state index in [1.165, 1.54) is 104 Å². The molecular weight excluding hydrogens is 523 g/mol. The SMILES string of the molecule is CCCCCCCCCCCCCCOP1Oc2c(cc(C)cc2C(C)(C)C)Cc2cc(C)cc(C(C)(C)C)c2O1. The van der Waals surface area contributed by atoms with Crippen LogP contribution < -0.4 is 9.05 Å². The summed E-state index contributed by atoms with van der Waals surface area (Å²) >= 11 is 0. The van der Waals surface area contributed by atoms with E-state index in [9.17, 15) is 0 Å². The summed E-state index contributed by atoms with van der Waals surface area (Å²) in [5.74, 6) is 1.90. The lowest BCUT2D eigenvalue weighted by atomic mass is 9.81. The molecule has 3 nitrogen and oxygen atoms in total. The van der Waals surface area contributed by atoms with Crippen LogP contribution in [-0.2, 0) is 21.8 Å². The average molecular weight is 583 g/mol. The number of aryl methyl sites for hydroxylation is 2. The van der Waals surface area contributed by atoms with E-state index < -0.39 is 8.60 Å². The summed E-state index contributed by atoms with van der Waals surface area (Å²) in [5.41, 5.74) is 7.36. The predicted octanol–water partition coefficient (Wildman–Crippen LogP) is 12.2. The number of fused-ring (bicyclic) bond motifs is 2. The van der Waals surface area contributed by atoms with Crippen molar-refractivity contribution >= 4 is 8.60 Å². The Kier molecular flexibility index (Phi) is 13.0. The van der Waals surface area contributed by atoms with Crippen LogP contribution in [0.4, 0.5) is 0 Å². The van der Waals surface area contributed by atoms with Crippen LogP contribution in [0.1, 0.15) is 159 Å². The first kappa shape index (κ1) is 33.9. The van der Waals surface area contributed by atoms with E-state index in [0.717, 1.165) is 24.3 Å². The molecule has 0 bridgehead atoms. The molecule has 230 valence electrons. The van der Waals surface area contributed by atoms with Gasteiger partial charge in [-0.15, -0.1) is 0 Å². The summed E-state index contributed by atoms with van der Waals surface area (Å²) in [7, 11) is -1.57. The highest BCUT2D eigenvalue weighted by molar-refractivity contribution is 7.42. The van der Waals surface area contributed by atoms with Crippen molar-refractivity contribution in [2.24, 2.45) is 0 Å². The standard InChI is InChI=1S/C37H59O3P/c1-10-11-12-13-14-15-16-17-18-19-20-21-22-38-41-39-34-30(23-28(2)25-32(34)36(4,5)6)27-31-24-29(3)26-33(35(31)40-41)37(7,8)9/h23-26H,10-22,27H2,1-9H3. The molecule has 0 aromatic heterocycles. The van der Waals surface area contributed by atoms with Crippen molar-refractivity contribution in [2.75, 3.05) is 6.61 Å². The van der Waals surface area contributed by atoms with Crippen LogP contribution in [0, 0.1) is 13.8 Å². The zero-order valence-corrected chi connectivity index (χ0v) is 28.8. The van der Waals surface area contributed by atoms with Crippen LogP contribution in [0.2, 0.25) is 0 Å². The molecule has 0 aliphatic carbocycles. The van der Waals surface area contributed by atoms with Crippen LogP contribution in [-0.4, -0.2) is 6.61 Å². The van der Waals surface area contributed by atoms with E-state index in [2.05, 4.69) is 86.6 Å². The summed E-state index contributed by atoms with van der Waals surface area (Å²) in [4.78, 5) is 0. The number of unbranched alkanes of at least 4 members (excludes halogenated alkanes) is 11. The molecule has 0 saturated carbocycles. The van der Waals surface area contributed by atoms with Gasteiger partial charge >= 0.3 is 8.60 Å². The molecule has 1 aliphatic heterocycles. The third-order valence-electron chi connectivity index (χ3n) is 8.14. The lowest BCUT2D eigenvalue weighted by Gasteiger charge is -2.32. The Morgan fingerprint density at radius 2 is 1.00 bits per heavy atom. The molecule has 0 spiro atoms. The van der Waals surface area contributed by atoms with Crippen LogP contribution in [0.3, 0.4) is 0 Å². The largest absolute Gasteiger partial charge is 0.463 e. The third kappa shape index (κ3) is 10.6. The molecule has 0 amide bonds. The van der Waals surface area contributed by atoms with E-state index in [-0.39, 0.29) is 10.8 Å². The Labute approximate surface area is 254 Å². The maximum absolute atomic E-state index is 6.73. The molecule has 4 heteroatoms. The van der Waals surface area contributed by atoms with E-state index in [1.807, 2.05) is 0 Å². The van der Waals surface area contributed by atoms with Crippen LogP contribution in [0.25, 0.3) is 0 Å². The smallest absolute Gasteiger partial charge is 0.417 e. The van der Waals surface area contributed by atoms with Gasteiger partial charge in [-0.1, -0.05) is 154 Å². The van der Waals surface area contributed by atoms with E-state index >= 15 is 0 Å². The zero-order chi connectivity index (χ0) is 30.0. The minimum atomic E-state index is -1.57. The molecule has 2 aromatic rings. The lowest BCUT2D eigenvalue weighted by Crippen LogP contribution is -2.19. The van der Waals surface area contributed by atoms with Crippen molar-refractivity contribution in [3.63, 3.8) is 0 Å². The Morgan fingerprint density at radius 3 is 1.39 bits per heavy atom. The Bertz CT molecular complexity index is 1020. The van der Waals surface area contributed by atoms with Gasteiger partial charge in [-0.2, -0.15) is 0 Å². The van der Waals surface area contributed by atoms with Gasteiger partial charge in [0.15, 0.2) is 0 Å². The van der Waals surface area contributed by atoms with Gasteiger partial charge in [0, 0.05) is 17.5 Å². The highest BCUT2D eigenvalue weighted by Crippen LogP contribution is 2.52. The average Bonchev–Trinajstić information content (AvgIpc) is 2.86. The summed E-state index contributed by atoms with van der Waals surface area (Å²) in [6.45, 7) is 20.9. The van der Waals surface area contributed by atoms with Crippen LogP contribution in [0.15, 0.2) is 24.3 Å². The molecule has 1 aliphatic rings. The molecule has 0 saturated heterocycles. The van der Waals surface area contributed by atoms with Gasteiger partial charge in [0.1, 0.15) is 11.5 Å². The fourth-order valence-electron chi connectivity index (χ4n) is 5.80. The van der Waals surface area contributed by atoms with Crippen LogP contribution in [0.5, 0.6) is 11.5 Å². The van der Waals surface area contributed by atoms with Gasteiger partial charge < -0.3 is 9.05 Å². The second-order valence-corrected chi connectivity index (χ2v) is 15.5. The summed E-state index contributed by atoms with van der Waals surface area (Å²) in [6, 6.07) is 9.13. The van der Waals surface area contributed by atoms with Crippen molar-refractivity contribution in [1.29, 1.82) is 0 Å². The summed E-state index contributed by atoms with van der Waals surface area (Å²) in [6.07, 6.45) is 16.8. The molecule has 0 radical (unpaired) electrons. The van der Waals surface area contributed by atoms with Gasteiger partial charge in [0.05, 0.1) is 6.61 Å². The van der Waals surface area contributed by atoms with E-state index in [1.54, 1.807) is 0 Å². The van der Waals surface area contributed by atoms with Gasteiger partial charge in [0.2, 0.25) is 0 Å². The van der Waals surface area contributed by atoms with Gasteiger partial charge in [-0.05, 0) is 42.2 Å². The molecule has 0 N–H and O–H groups in total. The topological polar surface area (TPSA) is 27.7 Å². The van der Waals surface area contributed by atoms with Crippen molar-refractivity contribution in [2.45, 2.75) is 157 Å². The van der Waals surface area contributed by atoms with Crippen molar-refractivity contribution < 1.29 is 13.6 Å². The fraction of sp³-hybridized carbons (Fsp3) is 0.676. The number of hydrogen-bond acceptors (Lipinski definition) is 3. The number of hydrogen-bond donors (Lipinski definition) is 0. The minimum absolute atomic E-state index is 0.0438. The molecule has 0 fully saturated rings. The first-order valence-corrected chi connectivity index (χ1v) is 17.6. The normalized spacial score (nSPS) is 14.1. The maximum Gasteiger partial charge on any atom is 0.463 e. The molecule has 3 rings (SSSR count). The van der Waals surface area contributed by atoms with Crippen molar-refractivity contribution in [3.8, 4) is 11.5 Å². The molecule has 0 atom stereocenters. The maximum atomic E-state index is 6.73. The Hall–Kier alpha value is -1.57. The summed E-state index contributed by atoms with van der Waals surface area (Å²) in [5, 5.41) is 0. The van der Waals surface area contributed by atoms with E-state index in [0.29, 0.717) is 6.61 Å². The molecule has 0 unspecified atom stereocenters. The number of benzene rings is 2. The monoisotopic (exact) mass is 582 g/mol. The quantitative estimate of drug-likeness (QED) is 0.164. The summed E-state index contributed by atoms with van der Waals surface area (Å²) < 4.78 is 19.9. The Balaban J connectivity index is 1.68. The van der Waals surface area contributed by atoms with Gasteiger partial charge in [0.25, 0.3) is 0 Å². The lowest BCUT2D eigenvalue weighted by molar-refractivity contribution is 0.253. The second-order valence-electron chi connectivity index (χ2n) is 14.4. The molecule has 41 heavy (non-hydrogen) atoms. The molecule has 1 heterocycles. The Morgan fingerprint density at radius 1 is 0.610 bits per heavy atom. The van der Waals surface area contributed by atoms with Crippen LogP contribution >= 0.6 is 8.60 Å². The first-order chi connectivity index (χ1) is 19.4. The third-order valence-corrected chi connectivity index (χ3v) is 9.20. The first-order valence-electron chi connectivity index (χ1n) is 16.5. The molecular formula is C37H59O3P. The fourth-order valence-corrected chi connectivity index (χ4v) is 6.95. The highest BCUT2D eigenvalue weighted by atomic mass is 31.2. The van der Waals surface area contributed by atoms with Crippen molar-refractivity contribution in [3.05, 3.63) is 57.6 Å². The van der Waals surface area contributed by atoms with Gasteiger partial charge in [-0.3, -0.25) is 4.52 Å².